The standard InChI is InChI=1S/C6H11N2Si/c9-5-1-3-8-4-2-7-6-8/h2,4,6H,1,3,5,9H2. The number of hydrogen-bond donors (Lipinski definition) is 0. The lowest BCUT2D eigenvalue weighted by molar-refractivity contribution is 0.678. The van der Waals surface area contributed by atoms with Gasteiger partial charge in [-0.25, -0.2) is 4.98 Å². The summed E-state index contributed by atoms with van der Waals surface area (Å²) in [6.07, 6.45) is 6.93. The molecule has 0 aliphatic carbocycles. The van der Waals surface area contributed by atoms with Gasteiger partial charge in [0.05, 0.1) is 6.33 Å². The van der Waals surface area contributed by atoms with E-state index in [0.717, 1.165) is 6.54 Å². The molecule has 0 aliphatic heterocycles. The summed E-state index contributed by atoms with van der Waals surface area (Å²) in [4.78, 5) is 3.94. The summed E-state index contributed by atoms with van der Waals surface area (Å²) < 4.78 is 2.11. The topological polar surface area (TPSA) is 17.8 Å². The minimum atomic E-state index is 1.11. The van der Waals surface area contributed by atoms with E-state index in [1.165, 1.54) is 12.5 Å². The Morgan fingerprint density at radius 2 is 2.44 bits per heavy atom. The second kappa shape index (κ2) is 3.45. The van der Waals surface area contributed by atoms with Crippen LogP contribution >= 0.6 is 0 Å². The Balaban J connectivity index is 2.30. The summed E-state index contributed by atoms with van der Waals surface area (Å²) in [7, 11) is 2.02. The zero-order chi connectivity index (χ0) is 6.53. The first-order valence-corrected chi connectivity index (χ1v) is 4.18. The zero-order valence-corrected chi connectivity index (χ0v) is 6.87. The van der Waals surface area contributed by atoms with E-state index < -0.39 is 0 Å². The van der Waals surface area contributed by atoms with Crippen LogP contribution in [0.4, 0.5) is 0 Å². The first kappa shape index (κ1) is 6.55. The van der Waals surface area contributed by atoms with Gasteiger partial charge >= 0.3 is 0 Å². The lowest BCUT2D eigenvalue weighted by atomic mass is 10.5. The molecule has 49 valence electrons. The summed E-state index contributed by atoms with van der Waals surface area (Å²) in [5, 5.41) is 0. The van der Waals surface area contributed by atoms with Crippen molar-refractivity contribution in [1.82, 2.24) is 9.55 Å². The fourth-order valence-corrected chi connectivity index (χ4v) is 0.937. The maximum atomic E-state index is 3.94. The molecule has 1 aromatic rings. The van der Waals surface area contributed by atoms with Gasteiger partial charge in [-0.15, -0.1) is 0 Å². The van der Waals surface area contributed by atoms with Crippen LogP contribution in [0.5, 0.6) is 0 Å². The first-order chi connectivity index (χ1) is 4.43. The van der Waals surface area contributed by atoms with Crippen LogP contribution in [0.1, 0.15) is 6.42 Å². The van der Waals surface area contributed by atoms with Crippen LogP contribution in [-0.2, 0) is 6.54 Å². The number of hydrogen-bond acceptors (Lipinski definition) is 1. The fourth-order valence-electron chi connectivity index (χ4n) is 0.713. The summed E-state index contributed by atoms with van der Waals surface area (Å²) in [6, 6.07) is 1.28. The number of nitrogens with zero attached hydrogens (tertiary/aromatic N) is 2. The van der Waals surface area contributed by atoms with E-state index in [1.54, 1.807) is 0 Å². The molecular weight excluding hydrogens is 128 g/mol. The highest BCUT2D eigenvalue weighted by Gasteiger charge is 1.85. The zero-order valence-electron chi connectivity index (χ0n) is 5.45. The van der Waals surface area contributed by atoms with Crippen molar-refractivity contribution in [1.29, 1.82) is 0 Å². The maximum Gasteiger partial charge on any atom is 0.0945 e. The van der Waals surface area contributed by atoms with E-state index in [2.05, 4.69) is 9.55 Å². The van der Waals surface area contributed by atoms with Crippen molar-refractivity contribution in [3.8, 4) is 0 Å². The minimum Gasteiger partial charge on any atom is -0.338 e. The highest BCUT2D eigenvalue weighted by Crippen LogP contribution is 1.91. The molecule has 1 rings (SSSR count). The maximum absolute atomic E-state index is 3.94. The average Bonchev–Trinajstić information content (AvgIpc) is 2.34. The molecule has 0 unspecified atom stereocenters. The molecule has 0 aliphatic rings. The van der Waals surface area contributed by atoms with Crippen molar-refractivity contribution in [3.05, 3.63) is 18.7 Å². The Kier molecular flexibility index (Phi) is 2.51. The molecule has 0 saturated carbocycles. The minimum absolute atomic E-state index is 1.11. The van der Waals surface area contributed by atoms with E-state index in [0.29, 0.717) is 0 Å². The van der Waals surface area contributed by atoms with E-state index in [1.807, 2.05) is 29.0 Å². The van der Waals surface area contributed by atoms with Gasteiger partial charge in [-0.1, -0.05) is 6.04 Å². The van der Waals surface area contributed by atoms with Gasteiger partial charge in [0.2, 0.25) is 0 Å². The highest BCUT2D eigenvalue weighted by atomic mass is 28.1. The van der Waals surface area contributed by atoms with Gasteiger partial charge in [0, 0.05) is 29.2 Å². The Morgan fingerprint density at radius 3 is 3.00 bits per heavy atom. The molecule has 2 nitrogen and oxygen atoms in total. The molecule has 0 atom stereocenters. The summed E-state index contributed by atoms with van der Waals surface area (Å²) >= 11 is 0. The molecular formula is C6H11N2Si. The quantitative estimate of drug-likeness (QED) is 0.552. The van der Waals surface area contributed by atoms with Gasteiger partial charge in [0.1, 0.15) is 0 Å². The summed E-state index contributed by atoms with van der Waals surface area (Å²) in [5.74, 6) is 0. The molecule has 9 heavy (non-hydrogen) atoms. The number of imidazole rings is 1. The van der Waals surface area contributed by atoms with Crippen LogP contribution in [0, 0.1) is 0 Å². The molecule has 0 bridgehead atoms. The number of aromatic nitrogens is 2. The van der Waals surface area contributed by atoms with Crippen molar-refractivity contribution in [2.24, 2.45) is 0 Å². The number of aryl methyl sites for hydroxylation is 1. The lowest BCUT2D eigenvalue weighted by Crippen LogP contribution is -1.92. The van der Waals surface area contributed by atoms with Gasteiger partial charge in [-0.05, 0) is 6.42 Å². The molecule has 1 radical (unpaired) electrons. The second-order valence-corrected chi connectivity index (χ2v) is 2.71. The molecule has 0 aromatic carbocycles. The Morgan fingerprint density at radius 1 is 1.56 bits per heavy atom. The molecule has 0 saturated heterocycles. The van der Waals surface area contributed by atoms with Crippen molar-refractivity contribution in [3.63, 3.8) is 0 Å². The highest BCUT2D eigenvalue weighted by molar-refractivity contribution is 6.08. The Hall–Kier alpha value is -0.573. The fraction of sp³-hybridized carbons (Fsp3) is 0.500. The number of rotatable bonds is 3. The van der Waals surface area contributed by atoms with Crippen molar-refractivity contribution < 1.29 is 0 Å². The third-order valence-electron chi connectivity index (χ3n) is 1.23. The van der Waals surface area contributed by atoms with E-state index >= 15 is 0 Å². The van der Waals surface area contributed by atoms with E-state index in [-0.39, 0.29) is 0 Å². The normalized spacial score (nSPS) is 9.89. The van der Waals surface area contributed by atoms with Crippen molar-refractivity contribution in [2.75, 3.05) is 0 Å². The molecule has 1 aromatic heterocycles. The monoisotopic (exact) mass is 139 g/mol. The Bertz CT molecular complexity index is 148. The predicted octanol–water partition coefficient (Wildman–Crippen LogP) is 0.325. The van der Waals surface area contributed by atoms with E-state index in [4.69, 9.17) is 0 Å². The average molecular weight is 139 g/mol. The second-order valence-electron chi connectivity index (χ2n) is 2.01. The van der Waals surface area contributed by atoms with Crippen molar-refractivity contribution >= 4 is 10.2 Å². The largest absolute Gasteiger partial charge is 0.338 e. The van der Waals surface area contributed by atoms with Crippen LogP contribution in [-0.4, -0.2) is 19.8 Å². The smallest absolute Gasteiger partial charge is 0.0945 e. The van der Waals surface area contributed by atoms with Gasteiger partial charge in [-0.2, -0.15) is 0 Å². The van der Waals surface area contributed by atoms with Crippen LogP contribution in [0.15, 0.2) is 18.7 Å². The first-order valence-electron chi connectivity index (χ1n) is 3.18. The Labute approximate surface area is 58.3 Å². The van der Waals surface area contributed by atoms with E-state index in [9.17, 15) is 0 Å². The van der Waals surface area contributed by atoms with Gasteiger partial charge in [0.15, 0.2) is 0 Å². The van der Waals surface area contributed by atoms with Crippen LogP contribution < -0.4 is 0 Å². The molecule has 3 heteroatoms. The van der Waals surface area contributed by atoms with Crippen LogP contribution in [0.25, 0.3) is 0 Å². The molecule has 0 spiro atoms. The van der Waals surface area contributed by atoms with Gasteiger partial charge in [0.25, 0.3) is 0 Å². The lowest BCUT2D eigenvalue weighted by Gasteiger charge is -1.96. The van der Waals surface area contributed by atoms with Gasteiger partial charge in [-0.3, -0.25) is 0 Å². The molecule has 0 N–H and O–H groups in total. The SMILES string of the molecule is [SiH2]CCCn1ccnc1. The molecule has 0 fully saturated rings. The van der Waals surface area contributed by atoms with Crippen LogP contribution in [0.2, 0.25) is 6.04 Å². The van der Waals surface area contributed by atoms with Crippen LogP contribution in [0.3, 0.4) is 0 Å². The van der Waals surface area contributed by atoms with Gasteiger partial charge < -0.3 is 4.57 Å². The predicted molar refractivity (Wildman–Crippen MR) is 40.2 cm³/mol. The van der Waals surface area contributed by atoms with Crippen molar-refractivity contribution in [2.45, 2.75) is 19.0 Å². The third-order valence-corrected chi connectivity index (χ3v) is 1.73. The third kappa shape index (κ3) is 2.01. The molecule has 0 amide bonds. The molecule has 1 heterocycles. The summed E-state index contributed by atoms with van der Waals surface area (Å²) in [6.45, 7) is 1.11. The summed E-state index contributed by atoms with van der Waals surface area (Å²) in [5.41, 5.74) is 0.